The number of nitrogens with one attached hydrogen (secondary N) is 1. The molecule has 0 aliphatic carbocycles. The Balaban J connectivity index is 1.57. The van der Waals surface area contributed by atoms with Crippen LogP contribution in [0, 0.1) is 0 Å². The number of hydrogen-bond acceptors (Lipinski definition) is 6. The van der Waals surface area contributed by atoms with E-state index in [4.69, 9.17) is 15.2 Å². The first kappa shape index (κ1) is 22.1. The molecule has 0 atom stereocenters. The number of amides is 1. The Morgan fingerprint density at radius 3 is 2.42 bits per heavy atom. The summed E-state index contributed by atoms with van der Waals surface area (Å²) in [6.07, 6.45) is 4.39. The highest BCUT2D eigenvalue weighted by atomic mass is 16.5. The molecule has 1 fully saturated rings. The lowest BCUT2D eigenvalue weighted by Gasteiger charge is -2.32. The number of ketones is 1. The van der Waals surface area contributed by atoms with Gasteiger partial charge in [-0.3, -0.25) is 9.59 Å². The molecule has 170 valence electrons. The first-order valence-corrected chi connectivity index (χ1v) is 10.6. The van der Waals surface area contributed by atoms with E-state index < -0.39 is 5.91 Å². The fraction of sp³-hybridized carbons (Fsp3) is 0.240. The van der Waals surface area contributed by atoms with Gasteiger partial charge in [-0.1, -0.05) is 42.5 Å². The molecule has 3 aromatic rings. The third-order valence-corrected chi connectivity index (χ3v) is 5.97. The molecule has 0 unspecified atom stereocenters. The number of nitrogens with zero attached hydrogens (tertiary/aromatic N) is 2. The van der Waals surface area contributed by atoms with E-state index in [0.717, 1.165) is 11.1 Å². The van der Waals surface area contributed by atoms with Gasteiger partial charge in [0.05, 0.1) is 37.1 Å². The van der Waals surface area contributed by atoms with E-state index in [0.29, 0.717) is 65.3 Å². The zero-order valence-corrected chi connectivity index (χ0v) is 18.7. The van der Waals surface area contributed by atoms with Crippen LogP contribution in [-0.4, -0.2) is 53.9 Å². The van der Waals surface area contributed by atoms with Crippen molar-refractivity contribution in [2.24, 2.45) is 5.73 Å². The zero-order chi connectivity index (χ0) is 23.5. The average molecular weight is 447 g/mol. The van der Waals surface area contributed by atoms with E-state index in [1.165, 1.54) is 20.4 Å². The highest BCUT2D eigenvalue weighted by Gasteiger charge is 2.27. The maximum absolute atomic E-state index is 13.4. The number of H-pyrrole nitrogens is 1. The molecule has 8 heteroatoms. The Morgan fingerprint density at radius 1 is 1.12 bits per heavy atom. The van der Waals surface area contributed by atoms with Crippen LogP contribution in [0.2, 0.25) is 0 Å². The van der Waals surface area contributed by atoms with Crippen molar-refractivity contribution in [3.63, 3.8) is 0 Å². The monoisotopic (exact) mass is 446 g/mol. The Morgan fingerprint density at radius 2 is 1.82 bits per heavy atom. The summed E-state index contributed by atoms with van der Waals surface area (Å²) < 4.78 is 10.7. The summed E-state index contributed by atoms with van der Waals surface area (Å²) in [6.45, 7) is 5.20. The summed E-state index contributed by atoms with van der Waals surface area (Å²) in [6, 6.07) is 9.43. The maximum Gasteiger partial charge on any atom is 0.249 e. The molecular weight excluding hydrogens is 420 g/mol. The van der Waals surface area contributed by atoms with Crippen molar-refractivity contribution < 1.29 is 19.1 Å². The van der Waals surface area contributed by atoms with Gasteiger partial charge in [0.15, 0.2) is 0 Å². The van der Waals surface area contributed by atoms with E-state index in [1.54, 1.807) is 6.20 Å². The molecule has 33 heavy (non-hydrogen) atoms. The molecule has 8 nitrogen and oxygen atoms in total. The molecule has 3 heterocycles. The zero-order valence-electron chi connectivity index (χ0n) is 18.7. The minimum atomic E-state index is -0.437. The van der Waals surface area contributed by atoms with Crippen LogP contribution < -0.4 is 15.2 Å². The molecule has 4 rings (SSSR count). The van der Waals surface area contributed by atoms with Gasteiger partial charge in [-0.2, -0.15) is 0 Å². The van der Waals surface area contributed by atoms with E-state index in [2.05, 4.69) is 16.5 Å². The van der Waals surface area contributed by atoms with Crippen LogP contribution in [0.4, 0.5) is 0 Å². The van der Waals surface area contributed by atoms with Crippen molar-refractivity contribution in [2.45, 2.75) is 12.8 Å². The van der Waals surface area contributed by atoms with Gasteiger partial charge in [0, 0.05) is 24.9 Å². The molecule has 0 bridgehead atoms. The molecule has 0 radical (unpaired) electrons. The number of rotatable bonds is 7. The fourth-order valence-electron chi connectivity index (χ4n) is 4.30. The van der Waals surface area contributed by atoms with Crippen LogP contribution in [0.3, 0.4) is 0 Å². The molecule has 1 aliphatic heterocycles. The number of aromatic nitrogens is 2. The van der Waals surface area contributed by atoms with Crippen LogP contribution in [0.15, 0.2) is 60.6 Å². The van der Waals surface area contributed by atoms with Crippen molar-refractivity contribution in [1.29, 1.82) is 0 Å². The van der Waals surface area contributed by atoms with Crippen molar-refractivity contribution in [3.05, 3.63) is 71.7 Å². The summed E-state index contributed by atoms with van der Waals surface area (Å²) in [4.78, 5) is 34.7. The van der Waals surface area contributed by atoms with Crippen LogP contribution >= 0.6 is 0 Å². The van der Waals surface area contributed by atoms with Crippen LogP contribution in [0.5, 0.6) is 11.6 Å². The number of hydrogen-bond donors (Lipinski definition) is 2. The minimum absolute atomic E-state index is 0.210. The number of nitrogens with two attached hydrogens (primary N) is 1. The van der Waals surface area contributed by atoms with Gasteiger partial charge in [-0.15, -0.1) is 0 Å². The third-order valence-electron chi connectivity index (χ3n) is 5.97. The maximum atomic E-state index is 13.4. The number of fused-ring (bicyclic) bond motifs is 1. The summed E-state index contributed by atoms with van der Waals surface area (Å²) in [5.41, 5.74) is 9.48. The Kier molecular flexibility index (Phi) is 6.17. The van der Waals surface area contributed by atoms with Gasteiger partial charge in [0.25, 0.3) is 0 Å². The lowest BCUT2D eigenvalue weighted by molar-refractivity contribution is -0.112. The Bertz CT molecular complexity index is 1250. The van der Waals surface area contributed by atoms with E-state index in [1.807, 2.05) is 35.2 Å². The fourth-order valence-corrected chi connectivity index (χ4v) is 4.30. The molecule has 1 amide bonds. The molecule has 1 aromatic carbocycles. The molecule has 1 aliphatic rings. The number of Topliss-reactive ketones (excluding diaryl/α,β-unsaturated/α-hetero) is 1. The van der Waals surface area contributed by atoms with Crippen molar-refractivity contribution in [2.75, 3.05) is 27.3 Å². The van der Waals surface area contributed by atoms with Gasteiger partial charge >= 0.3 is 0 Å². The second-order valence-electron chi connectivity index (χ2n) is 7.76. The van der Waals surface area contributed by atoms with E-state index in [9.17, 15) is 9.59 Å². The van der Waals surface area contributed by atoms with Crippen molar-refractivity contribution in [1.82, 2.24) is 14.9 Å². The van der Waals surface area contributed by atoms with Gasteiger partial charge in [0.2, 0.25) is 17.6 Å². The molecule has 1 saturated heterocycles. The van der Waals surface area contributed by atoms with Gasteiger partial charge < -0.3 is 25.1 Å². The summed E-state index contributed by atoms with van der Waals surface area (Å²) in [7, 11) is 3.05. The van der Waals surface area contributed by atoms with Crippen LogP contribution in [-0.2, 0) is 4.79 Å². The molecule has 0 saturated carbocycles. The number of ether oxygens (including phenoxy) is 2. The number of allylic oxidation sites excluding steroid dienone is 1. The summed E-state index contributed by atoms with van der Waals surface area (Å²) in [5, 5.41) is 0.605. The van der Waals surface area contributed by atoms with Gasteiger partial charge in [0.1, 0.15) is 11.3 Å². The number of carbonyl (C=O) groups excluding carboxylic acids is 2. The number of aromatic amines is 1. The van der Waals surface area contributed by atoms with E-state index in [-0.39, 0.29) is 5.78 Å². The first-order chi connectivity index (χ1) is 16.0. The number of benzene rings is 1. The minimum Gasteiger partial charge on any atom is -0.494 e. The van der Waals surface area contributed by atoms with Crippen molar-refractivity contribution in [3.8, 4) is 11.6 Å². The smallest absolute Gasteiger partial charge is 0.249 e. The second-order valence-corrected chi connectivity index (χ2v) is 7.76. The van der Waals surface area contributed by atoms with Crippen LogP contribution in [0.25, 0.3) is 16.5 Å². The van der Waals surface area contributed by atoms with Crippen molar-refractivity contribution >= 4 is 28.2 Å². The lowest BCUT2D eigenvalue weighted by Crippen LogP contribution is -2.33. The second kappa shape index (κ2) is 9.20. The highest BCUT2D eigenvalue weighted by Crippen LogP contribution is 2.35. The predicted octanol–water partition coefficient (Wildman–Crippen LogP) is 3.31. The third kappa shape index (κ3) is 4.07. The highest BCUT2D eigenvalue weighted by molar-refractivity contribution is 6.20. The number of methoxy groups -OCH3 is 2. The SMILES string of the molecule is C=C(C(=O)c1c[nH]c2c(OC)ncc(OC)c12)N1CCC(=C(C(N)=O)c2ccccc2)CC1. The number of primary amides is 1. The molecule has 3 N–H and O–H groups in total. The number of likely N-dealkylation sites (tertiary alicyclic amines) is 1. The predicted molar refractivity (Wildman–Crippen MR) is 126 cm³/mol. The Hall–Kier alpha value is -4.07. The topological polar surface area (TPSA) is 111 Å². The largest absolute Gasteiger partial charge is 0.494 e. The van der Waals surface area contributed by atoms with Gasteiger partial charge in [-0.25, -0.2) is 4.98 Å². The quantitative estimate of drug-likeness (QED) is 0.426. The molecule has 2 aromatic heterocycles. The summed E-state index contributed by atoms with van der Waals surface area (Å²) >= 11 is 0. The Labute approximate surface area is 191 Å². The number of piperidine rings is 1. The van der Waals surface area contributed by atoms with Gasteiger partial charge in [-0.05, 0) is 18.4 Å². The first-order valence-electron chi connectivity index (χ1n) is 10.6. The normalized spacial score (nSPS) is 13.6. The lowest BCUT2D eigenvalue weighted by atomic mass is 9.92. The van der Waals surface area contributed by atoms with E-state index >= 15 is 0 Å². The van der Waals surface area contributed by atoms with Crippen LogP contribution in [0.1, 0.15) is 28.8 Å². The molecular formula is C25H26N4O4. The summed E-state index contributed by atoms with van der Waals surface area (Å²) in [5.74, 6) is 0.204. The number of pyridine rings is 1. The molecule has 0 spiro atoms. The number of carbonyl (C=O) groups is 2. The average Bonchev–Trinajstić information content (AvgIpc) is 3.29. The standard InChI is InChI=1S/C25H26N4O4/c1-15(23(30)18-13-27-22-21(18)19(32-2)14-28-25(22)33-3)29-11-9-17(10-12-29)20(24(26)31)16-7-5-4-6-8-16/h4-8,13-14,27H,1,9-12H2,2-3H3,(H2,26,31).